The highest BCUT2D eigenvalue weighted by Gasteiger charge is 2.28. The fourth-order valence-electron chi connectivity index (χ4n) is 1.23. The molecule has 98 valence electrons. The molecule has 4 nitrogen and oxygen atoms in total. The van der Waals surface area contributed by atoms with Crippen LogP contribution in [0.1, 0.15) is 31.1 Å². The second-order valence-corrected chi connectivity index (χ2v) is 5.59. The third kappa shape index (κ3) is 3.57. The van der Waals surface area contributed by atoms with Crippen molar-refractivity contribution in [3.05, 3.63) is 28.2 Å². The molecule has 0 aliphatic carbocycles. The van der Waals surface area contributed by atoms with Crippen molar-refractivity contribution in [2.45, 2.75) is 20.8 Å². The van der Waals surface area contributed by atoms with Crippen LogP contribution in [0.2, 0.25) is 0 Å². The number of rotatable bonds is 5. The van der Waals surface area contributed by atoms with Crippen molar-refractivity contribution in [1.82, 2.24) is 0 Å². The second kappa shape index (κ2) is 5.52. The minimum absolute atomic E-state index is 0.000926. The molecule has 18 heavy (non-hydrogen) atoms. The van der Waals surface area contributed by atoms with Gasteiger partial charge in [0.25, 0.3) is 0 Å². The van der Waals surface area contributed by atoms with Crippen LogP contribution in [0.25, 0.3) is 0 Å². The Morgan fingerprint density at radius 3 is 2.50 bits per heavy atom. The highest BCUT2D eigenvalue weighted by Crippen LogP contribution is 2.26. The zero-order valence-electron chi connectivity index (χ0n) is 10.5. The highest BCUT2D eigenvalue weighted by molar-refractivity contribution is 9.10. The largest absolute Gasteiger partial charge is 0.492 e. The number of ketones is 1. The molecule has 0 heterocycles. The first kappa shape index (κ1) is 14.7. The molecule has 0 unspecified atom stereocenters. The Balaban J connectivity index is 2.94. The summed E-state index contributed by atoms with van der Waals surface area (Å²) in [6.07, 6.45) is 0. The van der Waals surface area contributed by atoms with Crippen molar-refractivity contribution >= 4 is 27.7 Å². The van der Waals surface area contributed by atoms with Gasteiger partial charge in [0, 0.05) is 4.47 Å². The smallest absolute Gasteiger partial charge is 0.312 e. The van der Waals surface area contributed by atoms with Gasteiger partial charge in [-0.05, 0) is 39.0 Å². The Labute approximate surface area is 114 Å². The predicted molar refractivity (Wildman–Crippen MR) is 71.1 cm³/mol. The van der Waals surface area contributed by atoms with Crippen LogP contribution in [0, 0.1) is 5.41 Å². The SMILES string of the molecule is CC(=O)c1ccc(Br)cc1OCC(C)(C)C(=O)O. The van der Waals surface area contributed by atoms with E-state index in [1.807, 2.05) is 0 Å². The lowest BCUT2D eigenvalue weighted by Gasteiger charge is -2.20. The van der Waals surface area contributed by atoms with Crippen LogP contribution in [0.5, 0.6) is 5.75 Å². The Bertz CT molecular complexity index is 480. The molecule has 0 saturated heterocycles. The summed E-state index contributed by atoms with van der Waals surface area (Å²) >= 11 is 3.29. The quantitative estimate of drug-likeness (QED) is 0.848. The average Bonchev–Trinajstić information content (AvgIpc) is 2.26. The normalized spacial score (nSPS) is 11.1. The lowest BCUT2D eigenvalue weighted by atomic mass is 9.95. The number of carboxylic acid groups (broad SMARTS) is 1. The fraction of sp³-hybridized carbons (Fsp3) is 0.385. The van der Waals surface area contributed by atoms with Gasteiger partial charge in [0.15, 0.2) is 5.78 Å². The van der Waals surface area contributed by atoms with Gasteiger partial charge < -0.3 is 9.84 Å². The molecule has 0 spiro atoms. The first-order chi connectivity index (χ1) is 8.24. The highest BCUT2D eigenvalue weighted by atomic mass is 79.9. The topological polar surface area (TPSA) is 63.6 Å². The van der Waals surface area contributed by atoms with E-state index in [1.165, 1.54) is 6.92 Å². The van der Waals surface area contributed by atoms with Crippen molar-refractivity contribution in [3.8, 4) is 5.75 Å². The Kier molecular flexibility index (Phi) is 4.51. The van der Waals surface area contributed by atoms with Crippen molar-refractivity contribution in [2.24, 2.45) is 5.41 Å². The number of carbonyl (C=O) groups excluding carboxylic acids is 1. The van der Waals surface area contributed by atoms with Crippen LogP contribution >= 0.6 is 15.9 Å². The molecular formula is C13H15BrO4. The van der Waals surface area contributed by atoms with Gasteiger partial charge in [0.05, 0.1) is 11.0 Å². The van der Waals surface area contributed by atoms with Crippen LogP contribution in [0.4, 0.5) is 0 Å². The molecule has 0 radical (unpaired) electrons. The van der Waals surface area contributed by atoms with E-state index in [2.05, 4.69) is 15.9 Å². The molecule has 0 aliphatic heterocycles. The van der Waals surface area contributed by atoms with Crippen molar-refractivity contribution in [2.75, 3.05) is 6.61 Å². The Morgan fingerprint density at radius 2 is 2.00 bits per heavy atom. The van der Waals surface area contributed by atoms with E-state index in [0.29, 0.717) is 11.3 Å². The van der Waals surface area contributed by atoms with Crippen LogP contribution in [-0.2, 0) is 4.79 Å². The van der Waals surface area contributed by atoms with Crippen molar-refractivity contribution < 1.29 is 19.4 Å². The van der Waals surface area contributed by atoms with E-state index >= 15 is 0 Å². The lowest BCUT2D eigenvalue weighted by Crippen LogP contribution is -2.30. The number of aliphatic carboxylic acids is 1. The third-order valence-electron chi connectivity index (χ3n) is 2.49. The van der Waals surface area contributed by atoms with Gasteiger partial charge in [-0.3, -0.25) is 9.59 Å². The molecule has 0 bridgehead atoms. The van der Waals surface area contributed by atoms with Gasteiger partial charge in [-0.2, -0.15) is 0 Å². The number of hydrogen-bond donors (Lipinski definition) is 1. The fourth-order valence-corrected chi connectivity index (χ4v) is 1.57. The number of halogens is 1. The maximum absolute atomic E-state index is 11.4. The molecule has 0 aromatic heterocycles. The second-order valence-electron chi connectivity index (χ2n) is 4.67. The summed E-state index contributed by atoms with van der Waals surface area (Å²) in [7, 11) is 0. The molecule has 1 aromatic carbocycles. The number of Topliss-reactive ketones (excluding diaryl/α,β-unsaturated/α-hetero) is 1. The van der Waals surface area contributed by atoms with E-state index in [0.717, 1.165) is 4.47 Å². The number of ether oxygens (including phenoxy) is 1. The van der Waals surface area contributed by atoms with Crippen LogP contribution in [0.3, 0.4) is 0 Å². The van der Waals surface area contributed by atoms with Gasteiger partial charge in [-0.15, -0.1) is 0 Å². The summed E-state index contributed by atoms with van der Waals surface area (Å²) in [5.41, 5.74) is -0.560. The molecule has 5 heteroatoms. The zero-order chi connectivity index (χ0) is 13.9. The van der Waals surface area contributed by atoms with E-state index in [9.17, 15) is 9.59 Å². The van der Waals surface area contributed by atoms with Crippen molar-refractivity contribution in [3.63, 3.8) is 0 Å². The van der Waals surface area contributed by atoms with E-state index in [1.54, 1.807) is 32.0 Å². The minimum atomic E-state index is -1.00. The standard InChI is InChI=1S/C13H15BrO4/c1-8(15)10-5-4-9(14)6-11(10)18-7-13(2,3)12(16)17/h4-6H,7H2,1-3H3,(H,16,17). The summed E-state index contributed by atoms with van der Waals surface area (Å²) in [5.74, 6) is -0.668. The summed E-state index contributed by atoms with van der Waals surface area (Å²) in [5, 5.41) is 9.00. The summed E-state index contributed by atoms with van der Waals surface area (Å²) in [4.78, 5) is 22.4. The van der Waals surface area contributed by atoms with Gasteiger partial charge in [0.1, 0.15) is 12.4 Å². The van der Waals surface area contributed by atoms with E-state index in [-0.39, 0.29) is 12.4 Å². The summed E-state index contributed by atoms with van der Waals surface area (Å²) in [6.45, 7) is 4.58. The van der Waals surface area contributed by atoms with Gasteiger partial charge in [-0.1, -0.05) is 15.9 Å². The van der Waals surface area contributed by atoms with Crippen LogP contribution < -0.4 is 4.74 Å². The number of carboxylic acids is 1. The minimum Gasteiger partial charge on any atom is -0.492 e. The monoisotopic (exact) mass is 314 g/mol. The molecule has 1 aromatic rings. The third-order valence-corrected chi connectivity index (χ3v) is 2.98. The molecule has 0 saturated carbocycles. The summed E-state index contributed by atoms with van der Waals surface area (Å²) < 4.78 is 6.25. The molecule has 1 N–H and O–H groups in total. The van der Waals surface area contributed by atoms with Gasteiger partial charge in [-0.25, -0.2) is 0 Å². The van der Waals surface area contributed by atoms with Crippen LogP contribution in [-0.4, -0.2) is 23.5 Å². The molecule has 0 aliphatic rings. The maximum atomic E-state index is 11.4. The Hall–Kier alpha value is -1.36. The molecule has 0 amide bonds. The Morgan fingerprint density at radius 1 is 1.39 bits per heavy atom. The average molecular weight is 315 g/mol. The van der Waals surface area contributed by atoms with E-state index < -0.39 is 11.4 Å². The first-order valence-electron chi connectivity index (χ1n) is 5.41. The maximum Gasteiger partial charge on any atom is 0.312 e. The first-order valence-corrected chi connectivity index (χ1v) is 6.20. The summed E-state index contributed by atoms with van der Waals surface area (Å²) in [6, 6.07) is 5.05. The van der Waals surface area contributed by atoms with Gasteiger partial charge in [0.2, 0.25) is 0 Å². The zero-order valence-corrected chi connectivity index (χ0v) is 12.1. The molecule has 0 atom stereocenters. The number of benzene rings is 1. The van der Waals surface area contributed by atoms with Crippen molar-refractivity contribution in [1.29, 1.82) is 0 Å². The molecule has 0 fully saturated rings. The molecular weight excluding hydrogens is 300 g/mol. The van der Waals surface area contributed by atoms with Crippen LogP contribution in [0.15, 0.2) is 22.7 Å². The lowest BCUT2D eigenvalue weighted by molar-refractivity contribution is -0.148. The number of hydrogen-bond acceptors (Lipinski definition) is 3. The predicted octanol–water partition coefficient (Wildman–Crippen LogP) is 3.14. The molecule has 1 rings (SSSR count). The number of carbonyl (C=O) groups is 2. The van der Waals surface area contributed by atoms with Gasteiger partial charge >= 0.3 is 5.97 Å². The van der Waals surface area contributed by atoms with E-state index in [4.69, 9.17) is 9.84 Å².